The summed E-state index contributed by atoms with van der Waals surface area (Å²) in [5, 5.41) is 9.60. The Hall–Kier alpha value is -1.83. The monoisotopic (exact) mass is 319 g/mol. The van der Waals surface area contributed by atoms with Crippen LogP contribution < -0.4 is 11.4 Å². The van der Waals surface area contributed by atoms with E-state index in [0.29, 0.717) is 6.42 Å². The first-order chi connectivity index (χ1) is 10.7. The van der Waals surface area contributed by atoms with Crippen LogP contribution in [0.2, 0.25) is 0 Å². The van der Waals surface area contributed by atoms with Crippen molar-refractivity contribution in [3.8, 4) is 0 Å². The molecule has 3 rings (SSSR count). The van der Waals surface area contributed by atoms with Crippen LogP contribution in [0.15, 0.2) is 52.3 Å². The Bertz CT molecular complexity index is 692. The van der Waals surface area contributed by atoms with Crippen molar-refractivity contribution in [1.82, 2.24) is 9.55 Å². The molecule has 1 fully saturated rings. The third kappa shape index (κ3) is 3.16. The predicted octanol–water partition coefficient (Wildman–Crippen LogP) is 1.27. The number of hydrogen-bond acceptors (Lipinski definition) is 6. The first-order valence-corrected chi connectivity index (χ1v) is 7.88. The predicted molar refractivity (Wildman–Crippen MR) is 84.6 cm³/mol. The molecule has 0 spiro atoms. The van der Waals surface area contributed by atoms with E-state index in [4.69, 9.17) is 10.5 Å². The summed E-state index contributed by atoms with van der Waals surface area (Å²) < 4.78 is 7.23. The SMILES string of the molecule is Nc1ccn([C@H]2CC(Sc3ccccc3)[C@@H](CO)O2)c(=O)n1. The zero-order chi connectivity index (χ0) is 15.5. The van der Waals surface area contributed by atoms with Crippen molar-refractivity contribution in [2.24, 2.45) is 0 Å². The number of hydrogen-bond donors (Lipinski definition) is 2. The minimum Gasteiger partial charge on any atom is -0.394 e. The number of aromatic nitrogens is 2. The highest BCUT2D eigenvalue weighted by Gasteiger charge is 2.36. The molecule has 6 nitrogen and oxygen atoms in total. The van der Waals surface area contributed by atoms with E-state index in [1.54, 1.807) is 24.0 Å². The highest BCUT2D eigenvalue weighted by Crippen LogP contribution is 2.38. The fraction of sp³-hybridized carbons (Fsp3) is 0.333. The highest BCUT2D eigenvalue weighted by molar-refractivity contribution is 8.00. The van der Waals surface area contributed by atoms with Gasteiger partial charge in [-0.2, -0.15) is 4.98 Å². The van der Waals surface area contributed by atoms with Crippen molar-refractivity contribution in [3.63, 3.8) is 0 Å². The fourth-order valence-corrected chi connectivity index (χ4v) is 3.70. The number of ether oxygens (including phenoxy) is 1. The summed E-state index contributed by atoms with van der Waals surface area (Å²) in [5.74, 6) is 0.188. The van der Waals surface area contributed by atoms with Gasteiger partial charge in [0.25, 0.3) is 0 Å². The van der Waals surface area contributed by atoms with Crippen LogP contribution in [-0.2, 0) is 4.74 Å². The summed E-state index contributed by atoms with van der Waals surface area (Å²) in [6, 6.07) is 11.5. The molecule has 7 heteroatoms. The normalized spacial score (nSPS) is 24.5. The van der Waals surface area contributed by atoms with Crippen LogP contribution in [-0.4, -0.2) is 32.6 Å². The minimum absolute atomic E-state index is 0.0712. The van der Waals surface area contributed by atoms with Gasteiger partial charge in [0.1, 0.15) is 12.0 Å². The average Bonchev–Trinajstić information content (AvgIpc) is 2.91. The Kier molecular flexibility index (Phi) is 4.47. The molecule has 0 bridgehead atoms. The molecular formula is C15H17N3O3S. The summed E-state index contributed by atoms with van der Waals surface area (Å²) in [5.41, 5.74) is 5.06. The van der Waals surface area contributed by atoms with Gasteiger partial charge in [-0.05, 0) is 18.2 Å². The van der Waals surface area contributed by atoms with Gasteiger partial charge in [0, 0.05) is 22.8 Å². The van der Waals surface area contributed by atoms with Crippen LogP contribution in [0.5, 0.6) is 0 Å². The van der Waals surface area contributed by atoms with E-state index in [2.05, 4.69) is 4.98 Å². The molecule has 2 heterocycles. The summed E-state index contributed by atoms with van der Waals surface area (Å²) in [4.78, 5) is 16.7. The zero-order valence-corrected chi connectivity index (χ0v) is 12.6. The van der Waals surface area contributed by atoms with Crippen molar-refractivity contribution in [3.05, 3.63) is 53.1 Å². The fourth-order valence-electron chi connectivity index (χ4n) is 2.48. The van der Waals surface area contributed by atoms with Crippen molar-refractivity contribution in [2.45, 2.75) is 28.9 Å². The number of anilines is 1. The van der Waals surface area contributed by atoms with Crippen molar-refractivity contribution in [1.29, 1.82) is 0 Å². The Morgan fingerprint density at radius 1 is 1.36 bits per heavy atom. The highest BCUT2D eigenvalue weighted by atomic mass is 32.2. The number of thioether (sulfide) groups is 1. The van der Waals surface area contributed by atoms with E-state index in [1.807, 2.05) is 30.3 Å². The number of nitrogens with zero attached hydrogens (tertiary/aromatic N) is 2. The third-order valence-corrected chi connectivity index (χ3v) is 4.90. The third-order valence-electron chi connectivity index (χ3n) is 3.55. The molecule has 0 radical (unpaired) electrons. The number of aliphatic hydroxyl groups excluding tert-OH is 1. The van der Waals surface area contributed by atoms with Gasteiger partial charge in [-0.25, -0.2) is 4.79 Å². The molecule has 3 N–H and O–H groups in total. The van der Waals surface area contributed by atoms with E-state index >= 15 is 0 Å². The van der Waals surface area contributed by atoms with Gasteiger partial charge in [0.2, 0.25) is 0 Å². The van der Waals surface area contributed by atoms with Gasteiger partial charge in [0.05, 0.1) is 12.7 Å². The molecule has 2 aromatic rings. The molecule has 0 amide bonds. The summed E-state index contributed by atoms with van der Waals surface area (Å²) in [6.07, 6.45) is 1.45. The van der Waals surface area contributed by atoms with Crippen LogP contribution in [0.25, 0.3) is 0 Å². The summed E-state index contributed by atoms with van der Waals surface area (Å²) in [6.45, 7) is -0.0852. The summed E-state index contributed by atoms with van der Waals surface area (Å²) >= 11 is 1.65. The number of benzene rings is 1. The Morgan fingerprint density at radius 3 is 2.82 bits per heavy atom. The second-order valence-corrected chi connectivity index (χ2v) is 6.37. The first kappa shape index (κ1) is 15.1. The second kappa shape index (κ2) is 6.51. The molecule has 1 aliphatic rings. The lowest BCUT2D eigenvalue weighted by molar-refractivity contribution is -0.0236. The lowest BCUT2D eigenvalue weighted by Crippen LogP contribution is -2.27. The molecule has 1 aromatic heterocycles. The van der Waals surface area contributed by atoms with Crippen LogP contribution in [0, 0.1) is 0 Å². The molecule has 3 atom stereocenters. The maximum absolute atomic E-state index is 11.9. The van der Waals surface area contributed by atoms with E-state index in [0.717, 1.165) is 4.90 Å². The lowest BCUT2D eigenvalue weighted by Gasteiger charge is -2.15. The van der Waals surface area contributed by atoms with Gasteiger partial charge >= 0.3 is 5.69 Å². The van der Waals surface area contributed by atoms with Gasteiger partial charge in [-0.1, -0.05) is 18.2 Å². The maximum atomic E-state index is 11.9. The van der Waals surface area contributed by atoms with Crippen molar-refractivity contribution >= 4 is 17.6 Å². The average molecular weight is 319 g/mol. The Balaban J connectivity index is 1.78. The molecule has 1 unspecified atom stereocenters. The second-order valence-electron chi connectivity index (χ2n) is 5.06. The number of nitrogens with two attached hydrogens (primary N) is 1. The molecule has 22 heavy (non-hydrogen) atoms. The molecule has 1 aliphatic heterocycles. The number of aliphatic hydroxyl groups is 1. The van der Waals surface area contributed by atoms with Crippen molar-refractivity contribution in [2.75, 3.05) is 12.3 Å². The molecule has 116 valence electrons. The van der Waals surface area contributed by atoms with Gasteiger partial charge in [-0.15, -0.1) is 11.8 Å². The maximum Gasteiger partial charge on any atom is 0.351 e. The van der Waals surface area contributed by atoms with Gasteiger partial charge < -0.3 is 15.6 Å². The zero-order valence-electron chi connectivity index (χ0n) is 11.8. The van der Waals surface area contributed by atoms with E-state index in [9.17, 15) is 9.90 Å². The quantitative estimate of drug-likeness (QED) is 0.882. The largest absolute Gasteiger partial charge is 0.394 e. The minimum atomic E-state index is -0.438. The number of rotatable bonds is 4. The molecule has 1 aromatic carbocycles. The smallest absolute Gasteiger partial charge is 0.351 e. The van der Waals surface area contributed by atoms with Crippen LogP contribution in [0.4, 0.5) is 5.82 Å². The molecular weight excluding hydrogens is 302 g/mol. The van der Waals surface area contributed by atoms with Gasteiger partial charge in [0.15, 0.2) is 0 Å². The molecule has 0 saturated carbocycles. The number of nitrogen functional groups attached to an aromatic ring is 1. The van der Waals surface area contributed by atoms with E-state index in [-0.39, 0.29) is 23.8 Å². The topological polar surface area (TPSA) is 90.4 Å². The Morgan fingerprint density at radius 2 is 2.14 bits per heavy atom. The Labute approximate surface area is 131 Å². The molecule has 1 saturated heterocycles. The van der Waals surface area contributed by atoms with Crippen LogP contribution in [0.1, 0.15) is 12.6 Å². The molecule has 0 aliphatic carbocycles. The first-order valence-electron chi connectivity index (χ1n) is 7.00. The lowest BCUT2D eigenvalue weighted by atomic mass is 10.2. The van der Waals surface area contributed by atoms with E-state index < -0.39 is 11.9 Å². The van der Waals surface area contributed by atoms with Crippen LogP contribution >= 0.6 is 11.8 Å². The van der Waals surface area contributed by atoms with Gasteiger partial charge in [-0.3, -0.25) is 4.57 Å². The van der Waals surface area contributed by atoms with E-state index in [1.165, 1.54) is 4.57 Å². The van der Waals surface area contributed by atoms with Crippen molar-refractivity contribution < 1.29 is 9.84 Å². The summed E-state index contributed by atoms with van der Waals surface area (Å²) in [7, 11) is 0. The van der Waals surface area contributed by atoms with Crippen LogP contribution in [0.3, 0.4) is 0 Å². The standard InChI is InChI=1S/C15H17N3O3S/c16-13-6-7-18(15(20)17-13)14-8-12(11(9-19)21-14)22-10-4-2-1-3-5-10/h1-7,11-12,14,19H,8-9H2,(H2,16,17,20)/t11-,12?,14-/m1/s1.